The predicted octanol–water partition coefficient (Wildman–Crippen LogP) is 3.57. The zero-order chi connectivity index (χ0) is 20.5. The molecule has 3 rings (SSSR count). The molecular weight excluding hydrogens is 370 g/mol. The number of methoxy groups -OCH3 is 1. The summed E-state index contributed by atoms with van der Waals surface area (Å²) < 4.78 is 16.5. The zero-order valence-corrected chi connectivity index (χ0v) is 16.5. The lowest BCUT2D eigenvalue weighted by Gasteiger charge is -2.24. The van der Waals surface area contributed by atoms with Crippen LogP contribution in [0, 0.1) is 0 Å². The van der Waals surface area contributed by atoms with E-state index in [0.717, 1.165) is 22.6 Å². The molecule has 2 N–H and O–H groups in total. The molecule has 0 unspecified atom stereocenters. The van der Waals surface area contributed by atoms with Gasteiger partial charge in [-0.05, 0) is 24.3 Å². The first-order valence-electron chi connectivity index (χ1n) is 9.55. The van der Waals surface area contributed by atoms with E-state index in [1.54, 1.807) is 25.5 Å². The van der Waals surface area contributed by atoms with Gasteiger partial charge in [-0.2, -0.15) is 0 Å². The Morgan fingerprint density at radius 1 is 0.966 bits per heavy atom. The van der Waals surface area contributed by atoms with Crippen LogP contribution in [-0.2, 0) is 24.4 Å². The van der Waals surface area contributed by atoms with Gasteiger partial charge in [-0.1, -0.05) is 36.4 Å². The molecule has 1 atom stereocenters. The Bertz CT molecular complexity index is 865. The highest BCUT2D eigenvalue weighted by atomic mass is 16.5. The highest BCUT2D eigenvalue weighted by Gasteiger charge is 2.16. The van der Waals surface area contributed by atoms with Gasteiger partial charge in [0.1, 0.15) is 17.3 Å². The Morgan fingerprint density at radius 3 is 2.45 bits per heavy atom. The molecule has 0 fully saturated rings. The topological polar surface area (TPSA) is 75.3 Å². The van der Waals surface area contributed by atoms with Gasteiger partial charge in [0.15, 0.2) is 0 Å². The van der Waals surface area contributed by atoms with Crippen LogP contribution in [0.1, 0.15) is 16.9 Å². The van der Waals surface area contributed by atoms with Crippen LogP contribution < -0.4 is 4.74 Å². The maximum absolute atomic E-state index is 10.5. The molecule has 0 aliphatic carbocycles. The minimum Gasteiger partial charge on any atom is -0.508 e. The van der Waals surface area contributed by atoms with Crippen molar-refractivity contribution < 1.29 is 24.1 Å². The fourth-order valence-electron chi connectivity index (χ4n) is 3.17. The van der Waals surface area contributed by atoms with Crippen molar-refractivity contribution in [2.45, 2.75) is 25.8 Å². The van der Waals surface area contributed by atoms with Crippen molar-refractivity contribution in [3.8, 4) is 11.5 Å². The summed E-state index contributed by atoms with van der Waals surface area (Å²) in [6.07, 6.45) is 0.936. The first-order valence-corrected chi connectivity index (χ1v) is 9.55. The van der Waals surface area contributed by atoms with Crippen LogP contribution in [0.4, 0.5) is 0 Å². The number of ether oxygens (including phenoxy) is 2. The average molecular weight is 397 g/mol. The molecule has 0 radical (unpaired) electrons. The Morgan fingerprint density at radius 2 is 1.72 bits per heavy atom. The predicted molar refractivity (Wildman–Crippen MR) is 110 cm³/mol. The van der Waals surface area contributed by atoms with Gasteiger partial charge < -0.3 is 24.1 Å². The van der Waals surface area contributed by atoms with E-state index >= 15 is 0 Å². The summed E-state index contributed by atoms with van der Waals surface area (Å²) in [5, 5.41) is 20.6. The van der Waals surface area contributed by atoms with Crippen LogP contribution in [0.15, 0.2) is 71.3 Å². The first kappa shape index (κ1) is 20.9. The van der Waals surface area contributed by atoms with Crippen LogP contribution in [0.5, 0.6) is 11.5 Å². The number of hydrogen-bond donors (Lipinski definition) is 2. The van der Waals surface area contributed by atoms with Gasteiger partial charge in [0.05, 0.1) is 39.2 Å². The summed E-state index contributed by atoms with van der Waals surface area (Å²) in [5.74, 6) is 1.79. The van der Waals surface area contributed by atoms with Gasteiger partial charge in [0.2, 0.25) is 0 Å². The summed E-state index contributed by atoms with van der Waals surface area (Å²) in [4.78, 5) is 2.02. The van der Waals surface area contributed by atoms with E-state index in [4.69, 9.17) is 13.9 Å². The number of furan rings is 1. The fraction of sp³-hybridized carbons (Fsp3) is 0.304. The number of nitrogens with zero attached hydrogens (tertiary/aromatic N) is 1. The van der Waals surface area contributed by atoms with E-state index in [0.29, 0.717) is 26.2 Å². The van der Waals surface area contributed by atoms with Gasteiger partial charge in [-0.3, -0.25) is 4.90 Å². The van der Waals surface area contributed by atoms with Gasteiger partial charge in [-0.25, -0.2) is 0 Å². The van der Waals surface area contributed by atoms with Crippen LogP contribution >= 0.6 is 0 Å². The maximum atomic E-state index is 10.5. The lowest BCUT2D eigenvalue weighted by atomic mass is 10.1. The molecule has 154 valence electrons. The van der Waals surface area contributed by atoms with Crippen molar-refractivity contribution in [3.63, 3.8) is 0 Å². The normalized spacial score (nSPS) is 12.2. The Balaban J connectivity index is 1.57. The minimum absolute atomic E-state index is 0.188. The number of benzene rings is 2. The second-order valence-electron chi connectivity index (χ2n) is 6.86. The van der Waals surface area contributed by atoms with Crippen LogP contribution in [0.2, 0.25) is 0 Å². The number of hydrogen-bond acceptors (Lipinski definition) is 6. The minimum atomic E-state index is -0.689. The molecule has 0 spiro atoms. The molecule has 1 aromatic heterocycles. The van der Waals surface area contributed by atoms with E-state index in [1.807, 2.05) is 53.4 Å². The SMILES string of the molecule is COc1ccccc1COC[C@H](O)CN(Cc1ccco1)Cc1ccccc1O. The molecule has 1 heterocycles. The molecule has 0 saturated carbocycles. The lowest BCUT2D eigenvalue weighted by Crippen LogP contribution is -2.34. The summed E-state index contributed by atoms with van der Waals surface area (Å²) in [6.45, 7) is 1.93. The van der Waals surface area contributed by atoms with E-state index in [2.05, 4.69) is 0 Å². The Labute approximate surface area is 170 Å². The smallest absolute Gasteiger partial charge is 0.124 e. The van der Waals surface area contributed by atoms with Crippen LogP contribution in [0.25, 0.3) is 0 Å². The number of aliphatic hydroxyl groups excluding tert-OH is 1. The van der Waals surface area contributed by atoms with Gasteiger partial charge in [0, 0.05) is 24.2 Å². The number of para-hydroxylation sites is 2. The summed E-state index contributed by atoms with van der Waals surface area (Å²) in [5.41, 5.74) is 1.73. The molecule has 6 nitrogen and oxygen atoms in total. The second-order valence-corrected chi connectivity index (χ2v) is 6.86. The highest BCUT2D eigenvalue weighted by molar-refractivity contribution is 5.32. The standard InChI is InChI=1S/C23H27NO5/c1-27-23-11-5-3-8-19(23)16-28-17-20(25)14-24(15-21-9-6-12-29-21)13-18-7-2-4-10-22(18)26/h2-12,20,25-26H,13-17H2,1H3/t20-/m1/s1. The molecule has 0 aliphatic heterocycles. The van der Waals surface area contributed by atoms with Gasteiger partial charge >= 0.3 is 0 Å². The molecule has 0 aliphatic rings. The molecule has 0 saturated heterocycles. The molecule has 2 aromatic carbocycles. The number of aromatic hydroxyl groups is 1. The van der Waals surface area contributed by atoms with Crippen LogP contribution in [0.3, 0.4) is 0 Å². The number of phenolic OH excluding ortho intramolecular Hbond substituents is 1. The van der Waals surface area contributed by atoms with Crippen molar-refractivity contribution in [1.29, 1.82) is 0 Å². The monoisotopic (exact) mass is 397 g/mol. The average Bonchev–Trinajstić information content (AvgIpc) is 3.23. The van der Waals surface area contributed by atoms with Crippen molar-refractivity contribution in [1.82, 2.24) is 4.90 Å². The zero-order valence-electron chi connectivity index (χ0n) is 16.5. The molecule has 0 amide bonds. The largest absolute Gasteiger partial charge is 0.508 e. The summed E-state index contributed by atoms with van der Waals surface area (Å²) in [6, 6.07) is 18.6. The third-order valence-corrected chi connectivity index (χ3v) is 4.57. The first-order chi connectivity index (χ1) is 14.2. The second kappa shape index (κ2) is 10.7. The van der Waals surface area contributed by atoms with Gasteiger partial charge in [0.25, 0.3) is 0 Å². The molecule has 3 aromatic rings. The maximum Gasteiger partial charge on any atom is 0.124 e. The molecule has 0 bridgehead atoms. The van der Waals surface area contributed by atoms with Gasteiger partial charge in [-0.15, -0.1) is 0 Å². The van der Waals surface area contributed by atoms with E-state index in [1.165, 1.54) is 0 Å². The van der Waals surface area contributed by atoms with E-state index in [9.17, 15) is 10.2 Å². The summed E-state index contributed by atoms with van der Waals surface area (Å²) >= 11 is 0. The van der Waals surface area contributed by atoms with E-state index < -0.39 is 6.10 Å². The third kappa shape index (κ3) is 6.35. The number of phenols is 1. The quantitative estimate of drug-likeness (QED) is 0.515. The highest BCUT2D eigenvalue weighted by Crippen LogP contribution is 2.20. The summed E-state index contributed by atoms with van der Waals surface area (Å²) in [7, 11) is 1.62. The van der Waals surface area contributed by atoms with E-state index in [-0.39, 0.29) is 12.4 Å². The third-order valence-electron chi connectivity index (χ3n) is 4.57. The molecule has 29 heavy (non-hydrogen) atoms. The van der Waals surface area contributed by atoms with Crippen molar-refractivity contribution in [2.24, 2.45) is 0 Å². The Hall–Kier alpha value is -2.80. The lowest BCUT2D eigenvalue weighted by molar-refractivity contribution is 0.00557. The fourth-order valence-corrected chi connectivity index (χ4v) is 3.17. The van der Waals surface area contributed by atoms with Crippen LogP contribution in [-0.4, -0.2) is 41.5 Å². The number of rotatable bonds is 11. The molecular formula is C23H27NO5. The molecule has 6 heteroatoms. The van der Waals surface area contributed by atoms with Crippen molar-refractivity contribution in [2.75, 3.05) is 20.3 Å². The van der Waals surface area contributed by atoms with Crippen molar-refractivity contribution >= 4 is 0 Å². The number of aliphatic hydroxyl groups is 1. The van der Waals surface area contributed by atoms with Crippen molar-refractivity contribution in [3.05, 3.63) is 83.8 Å². The Kier molecular flexibility index (Phi) is 7.69.